The van der Waals surface area contributed by atoms with E-state index in [9.17, 15) is 8.78 Å². The maximum absolute atomic E-state index is 13.0. The predicted molar refractivity (Wildman–Crippen MR) is 60.3 cm³/mol. The summed E-state index contributed by atoms with van der Waals surface area (Å²) >= 11 is 3.59. The molecule has 15 heavy (non-hydrogen) atoms. The Hall–Kier alpha value is -0.440. The van der Waals surface area contributed by atoms with Crippen LogP contribution in [0.3, 0.4) is 0 Å². The lowest BCUT2D eigenvalue weighted by Crippen LogP contribution is -2.13. The van der Waals surface area contributed by atoms with Crippen molar-refractivity contribution in [3.63, 3.8) is 0 Å². The Morgan fingerprint density at radius 1 is 1.13 bits per heavy atom. The zero-order valence-corrected chi connectivity index (χ0v) is 9.94. The monoisotopic (exact) mass is 274 g/mol. The Morgan fingerprint density at radius 3 is 2.60 bits per heavy atom. The highest BCUT2D eigenvalue weighted by molar-refractivity contribution is 9.09. The summed E-state index contributed by atoms with van der Waals surface area (Å²) in [5, 5.41) is 0. The summed E-state index contributed by atoms with van der Waals surface area (Å²) in [6.45, 7) is 0. The molecular weight excluding hydrogens is 262 g/mol. The first kappa shape index (κ1) is 11.1. The lowest BCUT2D eigenvalue weighted by molar-refractivity contribution is 0.451. The fourth-order valence-electron chi connectivity index (χ4n) is 2.20. The van der Waals surface area contributed by atoms with Gasteiger partial charge in [0.1, 0.15) is 0 Å². The number of halogens is 3. The molecule has 0 nitrogen and oxygen atoms in total. The zero-order chi connectivity index (χ0) is 10.8. The van der Waals surface area contributed by atoms with E-state index in [1.807, 2.05) is 0 Å². The van der Waals surface area contributed by atoms with Crippen molar-refractivity contribution in [2.24, 2.45) is 0 Å². The van der Waals surface area contributed by atoms with Crippen LogP contribution in [0.15, 0.2) is 18.2 Å². The fraction of sp³-hybridized carbons (Fsp3) is 0.500. The zero-order valence-electron chi connectivity index (χ0n) is 8.35. The second-order valence-corrected chi connectivity index (χ2v) is 5.43. The first-order valence-electron chi connectivity index (χ1n) is 5.26. The van der Waals surface area contributed by atoms with Crippen molar-refractivity contribution in [2.45, 2.75) is 36.4 Å². The van der Waals surface area contributed by atoms with Crippen molar-refractivity contribution in [1.82, 2.24) is 0 Å². The summed E-state index contributed by atoms with van der Waals surface area (Å²) in [4.78, 5) is 0.518. The van der Waals surface area contributed by atoms with E-state index >= 15 is 0 Å². The minimum Gasteiger partial charge on any atom is -0.204 e. The predicted octanol–water partition coefficient (Wildman–Crippen LogP) is 4.39. The second kappa shape index (κ2) is 4.60. The van der Waals surface area contributed by atoms with E-state index in [-0.39, 0.29) is 0 Å². The molecule has 2 rings (SSSR count). The van der Waals surface area contributed by atoms with Crippen LogP contribution < -0.4 is 0 Å². The third-order valence-corrected chi connectivity index (χ3v) is 3.86. The molecule has 1 aromatic carbocycles. The van der Waals surface area contributed by atoms with Crippen LogP contribution in [0.1, 0.15) is 37.2 Å². The van der Waals surface area contributed by atoms with Crippen molar-refractivity contribution in [2.75, 3.05) is 0 Å². The topological polar surface area (TPSA) is 0 Å². The van der Waals surface area contributed by atoms with Crippen LogP contribution in [-0.4, -0.2) is 4.83 Å². The van der Waals surface area contributed by atoms with E-state index in [0.717, 1.165) is 24.8 Å². The molecule has 0 radical (unpaired) electrons. The molecule has 0 heterocycles. The van der Waals surface area contributed by atoms with Crippen LogP contribution in [0.5, 0.6) is 0 Å². The van der Waals surface area contributed by atoms with Crippen molar-refractivity contribution >= 4 is 15.9 Å². The average molecular weight is 275 g/mol. The van der Waals surface area contributed by atoms with Gasteiger partial charge in [-0.3, -0.25) is 0 Å². The van der Waals surface area contributed by atoms with Crippen molar-refractivity contribution in [3.8, 4) is 0 Å². The maximum atomic E-state index is 13.0. The molecule has 1 fully saturated rings. The molecule has 0 saturated heterocycles. The summed E-state index contributed by atoms with van der Waals surface area (Å²) in [6, 6.07) is 4.27. The van der Waals surface area contributed by atoms with Crippen LogP contribution in [0, 0.1) is 11.6 Å². The Morgan fingerprint density at radius 2 is 1.93 bits per heavy atom. The molecule has 0 bridgehead atoms. The van der Waals surface area contributed by atoms with Crippen LogP contribution >= 0.6 is 15.9 Å². The molecule has 1 aliphatic carbocycles. The molecule has 0 aliphatic heterocycles. The Kier molecular flexibility index (Phi) is 3.39. The number of alkyl halides is 1. The highest BCUT2D eigenvalue weighted by Crippen LogP contribution is 2.36. The SMILES string of the molecule is Fc1ccc([C@@H]2CCC[C@H](Br)C2)cc1F. The van der Waals surface area contributed by atoms with Gasteiger partial charge >= 0.3 is 0 Å². The van der Waals surface area contributed by atoms with Gasteiger partial charge in [-0.05, 0) is 42.9 Å². The number of hydrogen-bond donors (Lipinski definition) is 0. The molecule has 3 heteroatoms. The quantitative estimate of drug-likeness (QED) is 0.667. The fourth-order valence-corrected chi connectivity index (χ4v) is 2.97. The molecule has 0 amide bonds. The lowest BCUT2D eigenvalue weighted by Gasteiger charge is -2.25. The van der Waals surface area contributed by atoms with E-state index < -0.39 is 11.6 Å². The molecule has 0 unspecified atom stereocenters. The third-order valence-electron chi connectivity index (χ3n) is 3.03. The number of hydrogen-bond acceptors (Lipinski definition) is 0. The molecule has 0 aromatic heterocycles. The number of rotatable bonds is 1. The van der Waals surface area contributed by atoms with E-state index in [0.29, 0.717) is 10.7 Å². The van der Waals surface area contributed by atoms with Gasteiger partial charge in [-0.1, -0.05) is 28.4 Å². The molecule has 0 spiro atoms. The van der Waals surface area contributed by atoms with Crippen molar-refractivity contribution in [1.29, 1.82) is 0 Å². The highest BCUT2D eigenvalue weighted by atomic mass is 79.9. The minimum absolute atomic E-state index is 0.373. The minimum atomic E-state index is -0.759. The normalized spacial score (nSPS) is 26.6. The van der Waals surface area contributed by atoms with Gasteiger partial charge < -0.3 is 0 Å². The molecule has 1 saturated carbocycles. The van der Waals surface area contributed by atoms with Gasteiger partial charge in [0.2, 0.25) is 0 Å². The summed E-state index contributed by atoms with van der Waals surface area (Å²) in [6.07, 6.45) is 4.43. The van der Waals surface area contributed by atoms with Gasteiger partial charge in [0.25, 0.3) is 0 Å². The van der Waals surface area contributed by atoms with Crippen molar-refractivity contribution in [3.05, 3.63) is 35.4 Å². The molecule has 0 N–H and O–H groups in total. The van der Waals surface area contributed by atoms with Gasteiger partial charge in [-0.15, -0.1) is 0 Å². The largest absolute Gasteiger partial charge is 0.204 e. The standard InChI is InChI=1S/C12H13BrF2/c13-10-3-1-2-8(6-10)9-4-5-11(14)12(15)7-9/h4-5,7-8,10H,1-3,6H2/t8-,10+/m1/s1. The molecule has 82 valence electrons. The second-order valence-electron chi connectivity index (χ2n) is 4.13. The number of benzene rings is 1. The van der Waals surface area contributed by atoms with Gasteiger partial charge in [-0.2, -0.15) is 0 Å². The van der Waals surface area contributed by atoms with Gasteiger partial charge in [0.15, 0.2) is 11.6 Å². The van der Waals surface area contributed by atoms with E-state index in [4.69, 9.17) is 0 Å². The van der Waals surface area contributed by atoms with E-state index in [1.165, 1.54) is 18.6 Å². The van der Waals surface area contributed by atoms with Crippen LogP contribution in [-0.2, 0) is 0 Å². The highest BCUT2D eigenvalue weighted by Gasteiger charge is 2.22. The summed E-state index contributed by atoms with van der Waals surface area (Å²) in [7, 11) is 0. The summed E-state index contributed by atoms with van der Waals surface area (Å²) < 4.78 is 25.8. The van der Waals surface area contributed by atoms with Gasteiger partial charge in [-0.25, -0.2) is 8.78 Å². The first-order valence-corrected chi connectivity index (χ1v) is 6.17. The van der Waals surface area contributed by atoms with Crippen LogP contribution in [0.4, 0.5) is 8.78 Å². The molecule has 1 aromatic rings. The molecular formula is C12H13BrF2. The van der Waals surface area contributed by atoms with E-state index in [2.05, 4.69) is 15.9 Å². The maximum Gasteiger partial charge on any atom is 0.159 e. The Labute approximate surface area is 96.8 Å². The summed E-state index contributed by atoms with van der Waals surface area (Å²) in [5.41, 5.74) is 0.929. The Bertz CT molecular complexity index is 351. The van der Waals surface area contributed by atoms with Crippen LogP contribution in [0.2, 0.25) is 0 Å². The summed E-state index contributed by atoms with van der Waals surface area (Å²) in [5.74, 6) is -1.12. The van der Waals surface area contributed by atoms with Gasteiger partial charge in [0.05, 0.1) is 0 Å². The van der Waals surface area contributed by atoms with Crippen molar-refractivity contribution < 1.29 is 8.78 Å². The van der Waals surface area contributed by atoms with Gasteiger partial charge in [0, 0.05) is 4.83 Å². The molecule has 1 aliphatic rings. The first-order chi connectivity index (χ1) is 7.16. The average Bonchev–Trinajstić information content (AvgIpc) is 2.22. The third kappa shape index (κ3) is 2.57. The van der Waals surface area contributed by atoms with Crippen LogP contribution in [0.25, 0.3) is 0 Å². The Balaban J connectivity index is 2.18. The lowest BCUT2D eigenvalue weighted by atomic mass is 9.84. The van der Waals surface area contributed by atoms with E-state index in [1.54, 1.807) is 6.07 Å². The molecule has 2 atom stereocenters. The smallest absolute Gasteiger partial charge is 0.159 e.